The van der Waals surface area contributed by atoms with Crippen molar-refractivity contribution in [3.63, 3.8) is 0 Å². The topological polar surface area (TPSA) is 86.2 Å². The second kappa shape index (κ2) is 9.52. The number of nitrogens with one attached hydrogen (secondary N) is 1. The van der Waals surface area contributed by atoms with Crippen LogP contribution in [0.1, 0.15) is 41.7 Å². The number of hydrogen-bond donors (Lipinski definition) is 1. The number of halogens is 1. The molecule has 4 aromatic heterocycles. The number of carbonyl (C=O) groups is 1. The number of carbonyl (C=O) groups excluding carboxylic acids is 1. The Labute approximate surface area is 218 Å². The summed E-state index contributed by atoms with van der Waals surface area (Å²) in [4.78, 5) is 35.0. The van der Waals surface area contributed by atoms with E-state index in [1.165, 1.54) is 0 Å². The predicted octanol–water partition coefficient (Wildman–Crippen LogP) is 4.79. The molecule has 0 aliphatic heterocycles. The second-order valence-corrected chi connectivity index (χ2v) is 10.2. The first kappa shape index (κ1) is 23.5. The van der Waals surface area contributed by atoms with Gasteiger partial charge in [-0.1, -0.05) is 23.7 Å². The zero-order valence-corrected chi connectivity index (χ0v) is 21.2. The summed E-state index contributed by atoms with van der Waals surface area (Å²) in [5, 5.41) is 3.60. The van der Waals surface area contributed by atoms with Crippen molar-refractivity contribution in [2.75, 3.05) is 0 Å². The number of aromatic nitrogens is 5. The van der Waals surface area contributed by atoms with Crippen LogP contribution >= 0.6 is 11.6 Å². The van der Waals surface area contributed by atoms with Gasteiger partial charge in [0.15, 0.2) is 0 Å². The van der Waals surface area contributed by atoms with E-state index in [1.54, 1.807) is 23.0 Å². The first-order valence-corrected chi connectivity index (χ1v) is 12.9. The highest BCUT2D eigenvalue weighted by molar-refractivity contribution is 6.30. The zero-order valence-electron chi connectivity index (χ0n) is 20.5. The van der Waals surface area contributed by atoms with E-state index < -0.39 is 0 Å². The Hall–Kier alpha value is -3.91. The molecule has 8 nitrogen and oxygen atoms in total. The predicted molar refractivity (Wildman–Crippen MR) is 143 cm³/mol. The van der Waals surface area contributed by atoms with Gasteiger partial charge in [-0.15, -0.1) is 0 Å². The quantitative estimate of drug-likeness (QED) is 0.365. The normalized spacial score (nSPS) is 17.9. The number of amides is 1. The van der Waals surface area contributed by atoms with E-state index in [0.29, 0.717) is 28.7 Å². The van der Waals surface area contributed by atoms with E-state index in [1.807, 2.05) is 64.7 Å². The van der Waals surface area contributed by atoms with Crippen LogP contribution in [-0.4, -0.2) is 35.5 Å². The summed E-state index contributed by atoms with van der Waals surface area (Å²) in [5.74, 6) is 0.223. The average molecular weight is 515 g/mol. The van der Waals surface area contributed by atoms with Gasteiger partial charge < -0.3 is 9.72 Å². The van der Waals surface area contributed by atoms with Crippen molar-refractivity contribution in [1.82, 2.24) is 28.8 Å². The summed E-state index contributed by atoms with van der Waals surface area (Å²) in [6.07, 6.45) is 10.7. The molecule has 1 fully saturated rings. The van der Waals surface area contributed by atoms with Crippen LogP contribution in [0.2, 0.25) is 5.02 Å². The van der Waals surface area contributed by atoms with Gasteiger partial charge >= 0.3 is 5.69 Å². The largest absolute Gasteiger partial charge is 0.349 e. The van der Waals surface area contributed by atoms with Gasteiger partial charge in [-0.3, -0.25) is 18.9 Å². The molecule has 9 heteroatoms. The van der Waals surface area contributed by atoms with Crippen molar-refractivity contribution in [1.29, 1.82) is 0 Å². The number of aryl methyl sites for hydroxylation is 1. The van der Waals surface area contributed by atoms with E-state index in [9.17, 15) is 9.59 Å². The van der Waals surface area contributed by atoms with Crippen molar-refractivity contribution in [3.8, 4) is 5.69 Å². The van der Waals surface area contributed by atoms with Gasteiger partial charge in [0, 0.05) is 37.4 Å². The van der Waals surface area contributed by atoms with Crippen molar-refractivity contribution in [2.24, 2.45) is 5.92 Å². The van der Waals surface area contributed by atoms with Crippen LogP contribution in [0.3, 0.4) is 0 Å². The Balaban J connectivity index is 1.20. The molecule has 37 heavy (non-hydrogen) atoms. The third-order valence-electron chi connectivity index (χ3n) is 7.39. The number of imidazole rings is 2. The van der Waals surface area contributed by atoms with Crippen LogP contribution < -0.4 is 11.0 Å². The smallest absolute Gasteiger partial charge is 0.333 e. The molecule has 1 amide bonds. The number of benzene rings is 1. The fourth-order valence-electron chi connectivity index (χ4n) is 5.42. The lowest BCUT2D eigenvalue weighted by atomic mass is 9.85. The first-order valence-electron chi connectivity index (χ1n) is 12.5. The van der Waals surface area contributed by atoms with Gasteiger partial charge in [-0.2, -0.15) is 0 Å². The summed E-state index contributed by atoms with van der Waals surface area (Å²) in [6.45, 7) is 2.46. The Kier molecular flexibility index (Phi) is 6.04. The standard InChI is InChI=1S/C28H27ClN6O2/c1-18-23(14-20(29)15-31-18)27(36)32-21-8-6-19(7-9-21)16-34-24-4-2-3-5-25(24)35(28(34)37)22-10-11-26-30-12-13-33(26)17-22/h2-5,10-15,17,19,21H,6-9,16H2,1H3,(H,32,36)/t19-,21-. The Morgan fingerprint density at radius 3 is 2.68 bits per heavy atom. The highest BCUT2D eigenvalue weighted by Gasteiger charge is 2.25. The van der Waals surface area contributed by atoms with Crippen molar-refractivity contribution < 1.29 is 4.79 Å². The van der Waals surface area contributed by atoms with Crippen LogP contribution in [0.5, 0.6) is 0 Å². The van der Waals surface area contributed by atoms with Crippen LogP contribution in [0, 0.1) is 12.8 Å². The summed E-state index contributed by atoms with van der Waals surface area (Å²) in [5.41, 5.74) is 4.60. The Bertz CT molecular complexity index is 1680. The van der Waals surface area contributed by atoms with Gasteiger partial charge in [-0.05, 0) is 68.9 Å². The minimum atomic E-state index is -0.134. The summed E-state index contributed by atoms with van der Waals surface area (Å²) in [7, 11) is 0. The zero-order chi connectivity index (χ0) is 25.5. The molecule has 1 aliphatic rings. The molecule has 0 radical (unpaired) electrons. The number of para-hydroxylation sites is 2. The number of hydrogen-bond acceptors (Lipinski definition) is 4. The van der Waals surface area contributed by atoms with Crippen LogP contribution in [0.4, 0.5) is 0 Å². The molecule has 0 saturated heterocycles. The molecule has 0 unspecified atom stereocenters. The van der Waals surface area contributed by atoms with Crippen LogP contribution in [0.25, 0.3) is 22.4 Å². The molecule has 0 atom stereocenters. The fraction of sp³-hybridized carbons (Fsp3) is 0.286. The van der Waals surface area contributed by atoms with Crippen LogP contribution in [0.15, 0.2) is 72.0 Å². The maximum absolute atomic E-state index is 13.7. The molecule has 1 aromatic carbocycles. The Morgan fingerprint density at radius 1 is 1.08 bits per heavy atom. The third-order valence-corrected chi connectivity index (χ3v) is 7.59. The third kappa shape index (κ3) is 4.42. The molecule has 1 aliphatic carbocycles. The lowest BCUT2D eigenvalue weighted by Crippen LogP contribution is -2.39. The number of nitrogens with zero attached hydrogens (tertiary/aromatic N) is 5. The highest BCUT2D eigenvalue weighted by atomic mass is 35.5. The summed E-state index contributed by atoms with van der Waals surface area (Å²) < 4.78 is 5.60. The minimum Gasteiger partial charge on any atom is -0.349 e. The lowest BCUT2D eigenvalue weighted by molar-refractivity contribution is 0.0919. The lowest BCUT2D eigenvalue weighted by Gasteiger charge is -2.29. The SMILES string of the molecule is Cc1ncc(Cl)cc1C(=O)N[C@H]1CC[C@H](Cn2c(=O)n(-c3ccc4nccn4c3)c3ccccc32)CC1. The second-order valence-electron chi connectivity index (χ2n) is 9.77. The van der Waals surface area contributed by atoms with Gasteiger partial charge in [0.1, 0.15) is 5.65 Å². The molecule has 1 saturated carbocycles. The number of fused-ring (bicyclic) bond motifs is 2. The monoisotopic (exact) mass is 514 g/mol. The Morgan fingerprint density at radius 2 is 1.86 bits per heavy atom. The molecular formula is C28H27ClN6O2. The van der Waals surface area contributed by atoms with Gasteiger partial charge in [-0.25, -0.2) is 9.78 Å². The molecule has 5 aromatic rings. The van der Waals surface area contributed by atoms with Crippen LogP contribution in [-0.2, 0) is 6.54 Å². The number of pyridine rings is 2. The van der Waals surface area contributed by atoms with Gasteiger partial charge in [0.2, 0.25) is 0 Å². The average Bonchev–Trinajstić information content (AvgIpc) is 3.48. The molecule has 188 valence electrons. The van der Waals surface area contributed by atoms with Crippen molar-refractivity contribution in [2.45, 2.75) is 45.2 Å². The maximum atomic E-state index is 13.7. The fourth-order valence-corrected chi connectivity index (χ4v) is 5.58. The summed E-state index contributed by atoms with van der Waals surface area (Å²) in [6, 6.07) is 13.6. The molecule has 6 rings (SSSR count). The highest BCUT2D eigenvalue weighted by Crippen LogP contribution is 2.28. The molecule has 0 spiro atoms. The van der Waals surface area contributed by atoms with E-state index in [-0.39, 0.29) is 17.6 Å². The van der Waals surface area contributed by atoms with Gasteiger partial charge in [0.25, 0.3) is 5.91 Å². The van der Waals surface area contributed by atoms with E-state index in [4.69, 9.17) is 11.6 Å². The molecule has 0 bridgehead atoms. The maximum Gasteiger partial charge on any atom is 0.333 e. The first-order chi connectivity index (χ1) is 18.0. The van der Waals surface area contributed by atoms with Crippen molar-refractivity contribution >= 4 is 34.2 Å². The van der Waals surface area contributed by atoms with E-state index in [2.05, 4.69) is 15.3 Å². The summed E-state index contributed by atoms with van der Waals surface area (Å²) >= 11 is 6.04. The number of rotatable bonds is 5. The molecule has 4 heterocycles. The van der Waals surface area contributed by atoms with E-state index in [0.717, 1.165) is 48.1 Å². The molecular weight excluding hydrogens is 488 g/mol. The van der Waals surface area contributed by atoms with Crippen molar-refractivity contribution in [3.05, 3.63) is 94.0 Å². The van der Waals surface area contributed by atoms with E-state index >= 15 is 0 Å². The van der Waals surface area contributed by atoms with Gasteiger partial charge in [0.05, 0.1) is 33.0 Å². The minimum absolute atomic E-state index is 0.0416. The molecule has 1 N–H and O–H groups in total.